The average Bonchev–Trinajstić information content (AvgIpc) is 2.59. The van der Waals surface area contributed by atoms with E-state index in [-0.39, 0.29) is 10.9 Å². The van der Waals surface area contributed by atoms with Crippen molar-refractivity contribution in [3.63, 3.8) is 0 Å². The fourth-order valence-electron chi connectivity index (χ4n) is 2.08. The topological polar surface area (TPSA) is 75.3 Å². The van der Waals surface area contributed by atoms with Crippen molar-refractivity contribution in [1.29, 1.82) is 0 Å². The average molecular weight is 275 g/mol. The van der Waals surface area contributed by atoms with Gasteiger partial charge in [0.05, 0.1) is 18.0 Å². The molecule has 0 saturated heterocycles. The van der Waals surface area contributed by atoms with Gasteiger partial charge in [0.2, 0.25) is 10.0 Å². The van der Waals surface area contributed by atoms with Crippen molar-refractivity contribution >= 4 is 10.0 Å². The minimum Gasteiger partial charge on any atom is -0.383 e. The first-order valence-electron chi connectivity index (χ1n) is 5.88. The van der Waals surface area contributed by atoms with E-state index in [1.54, 1.807) is 21.0 Å². The van der Waals surface area contributed by atoms with Gasteiger partial charge in [-0.25, -0.2) is 8.42 Å². The summed E-state index contributed by atoms with van der Waals surface area (Å²) in [6, 6.07) is -0.210. The zero-order chi connectivity index (χ0) is 13.9. The Morgan fingerprint density at radius 2 is 2.06 bits per heavy atom. The molecule has 18 heavy (non-hydrogen) atoms. The summed E-state index contributed by atoms with van der Waals surface area (Å²) in [7, 11) is -1.97. The Morgan fingerprint density at radius 1 is 1.44 bits per heavy atom. The molecular weight excluding hydrogens is 254 g/mol. The van der Waals surface area contributed by atoms with E-state index in [1.807, 2.05) is 13.8 Å². The fourth-order valence-corrected chi connectivity index (χ4v) is 4.04. The second-order valence-corrected chi connectivity index (χ2v) is 6.10. The molecule has 1 aromatic rings. The fraction of sp³-hybridized carbons (Fsp3) is 0.727. The van der Waals surface area contributed by atoms with E-state index in [0.717, 1.165) is 0 Å². The summed E-state index contributed by atoms with van der Waals surface area (Å²) in [6.45, 7) is 7.80. The van der Waals surface area contributed by atoms with E-state index in [4.69, 9.17) is 4.74 Å². The number of aromatic amines is 1. The molecule has 104 valence electrons. The number of hydrogen-bond donors (Lipinski definition) is 1. The number of methoxy groups -OCH3 is 1. The third kappa shape index (κ3) is 2.73. The highest BCUT2D eigenvalue weighted by molar-refractivity contribution is 7.89. The molecular formula is C11H21N3O3S. The predicted molar refractivity (Wildman–Crippen MR) is 69.0 cm³/mol. The third-order valence-electron chi connectivity index (χ3n) is 2.84. The highest BCUT2D eigenvalue weighted by Crippen LogP contribution is 2.23. The lowest BCUT2D eigenvalue weighted by atomic mass is 10.4. The quantitative estimate of drug-likeness (QED) is 0.842. The van der Waals surface area contributed by atoms with Crippen LogP contribution in [0, 0.1) is 13.8 Å². The zero-order valence-electron chi connectivity index (χ0n) is 11.5. The van der Waals surface area contributed by atoms with Gasteiger partial charge < -0.3 is 4.74 Å². The number of likely N-dealkylation sites (N-methyl/N-ethyl adjacent to an activating group) is 1. The normalized spacial score (nSPS) is 14.1. The van der Waals surface area contributed by atoms with E-state index < -0.39 is 10.0 Å². The molecule has 1 unspecified atom stereocenters. The van der Waals surface area contributed by atoms with Crippen LogP contribution in [0.3, 0.4) is 0 Å². The molecule has 6 nitrogen and oxygen atoms in total. The Balaban J connectivity index is 3.19. The second-order valence-electron chi connectivity index (χ2n) is 4.28. The molecule has 0 radical (unpaired) electrons. The molecule has 7 heteroatoms. The Morgan fingerprint density at radius 3 is 2.44 bits per heavy atom. The lowest BCUT2D eigenvalue weighted by Gasteiger charge is -2.26. The maximum absolute atomic E-state index is 12.6. The van der Waals surface area contributed by atoms with Gasteiger partial charge >= 0.3 is 0 Å². The third-order valence-corrected chi connectivity index (χ3v) is 5.19. The molecule has 0 saturated carbocycles. The van der Waals surface area contributed by atoms with Gasteiger partial charge in [0, 0.05) is 19.7 Å². The number of ether oxygens (including phenoxy) is 1. The zero-order valence-corrected chi connectivity index (χ0v) is 12.3. The molecule has 1 atom stereocenters. The largest absolute Gasteiger partial charge is 0.383 e. The molecule has 1 aromatic heterocycles. The second kappa shape index (κ2) is 5.81. The Kier molecular flexibility index (Phi) is 4.89. The van der Waals surface area contributed by atoms with Crippen LogP contribution in [0.2, 0.25) is 0 Å². The van der Waals surface area contributed by atoms with E-state index in [9.17, 15) is 8.42 Å². The number of hydrogen-bond acceptors (Lipinski definition) is 4. The highest BCUT2D eigenvalue weighted by Gasteiger charge is 2.31. The van der Waals surface area contributed by atoms with Gasteiger partial charge in [0.15, 0.2) is 0 Å². The van der Waals surface area contributed by atoms with Crippen LogP contribution in [-0.2, 0) is 14.8 Å². The van der Waals surface area contributed by atoms with Crippen molar-refractivity contribution in [1.82, 2.24) is 14.5 Å². The Labute approximate surface area is 108 Å². The molecule has 0 spiro atoms. The molecule has 0 amide bonds. The number of H-pyrrole nitrogens is 1. The van der Waals surface area contributed by atoms with Gasteiger partial charge in [-0.2, -0.15) is 9.40 Å². The minimum absolute atomic E-state index is 0.210. The lowest BCUT2D eigenvalue weighted by Crippen LogP contribution is -2.41. The lowest BCUT2D eigenvalue weighted by molar-refractivity contribution is 0.142. The minimum atomic E-state index is -3.53. The first kappa shape index (κ1) is 15.1. The van der Waals surface area contributed by atoms with Gasteiger partial charge in [-0.3, -0.25) is 5.10 Å². The van der Waals surface area contributed by atoms with Crippen molar-refractivity contribution in [2.75, 3.05) is 20.3 Å². The van der Waals surface area contributed by atoms with E-state index >= 15 is 0 Å². The van der Waals surface area contributed by atoms with Gasteiger partial charge in [-0.05, 0) is 20.8 Å². The van der Waals surface area contributed by atoms with Crippen LogP contribution in [0.1, 0.15) is 25.2 Å². The molecule has 0 bridgehead atoms. The summed E-state index contributed by atoms with van der Waals surface area (Å²) in [5, 5.41) is 6.65. The van der Waals surface area contributed by atoms with E-state index in [2.05, 4.69) is 10.2 Å². The summed E-state index contributed by atoms with van der Waals surface area (Å²) < 4.78 is 31.6. The summed E-state index contributed by atoms with van der Waals surface area (Å²) >= 11 is 0. The molecule has 1 N–H and O–H groups in total. The molecule has 0 aliphatic carbocycles. The Bertz CT molecular complexity index is 476. The van der Waals surface area contributed by atoms with Gasteiger partial charge in [0.1, 0.15) is 4.90 Å². The number of rotatable bonds is 6. The first-order valence-corrected chi connectivity index (χ1v) is 7.32. The summed E-state index contributed by atoms with van der Waals surface area (Å²) in [5.74, 6) is 0. The molecule has 0 aliphatic rings. The van der Waals surface area contributed by atoms with E-state index in [1.165, 1.54) is 4.31 Å². The van der Waals surface area contributed by atoms with Crippen molar-refractivity contribution in [3.05, 3.63) is 11.4 Å². The number of nitrogens with one attached hydrogen (secondary N) is 1. The van der Waals surface area contributed by atoms with Crippen LogP contribution in [0.5, 0.6) is 0 Å². The molecule has 0 fully saturated rings. The monoisotopic (exact) mass is 275 g/mol. The van der Waals surface area contributed by atoms with Gasteiger partial charge in [-0.1, -0.05) is 6.92 Å². The van der Waals surface area contributed by atoms with Crippen LogP contribution < -0.4 is 0 Å². The van der Waals surface area contributed by atoms with Crippen LogP contribution in [-0.4, -0.2) is 49.2 Å². The molecule has 0 aromatic carbocycles. The van der Waals surface area contributed by atoms with E-state index in [0.29, 0.717) is 24.5 Å². The highest BCUT2D eigenvalue weighted by atomic mass is 32.2. The SMILES string of the molecule is CCN(C(C)COC)S(=O)(=O)c1c(C)n[nH]c1C. The van der Waals surface area contributed by atoms with Crippen LogP contribution in [0.15, 0.2) is 4.90 Å². The number of aromatic nitrogens is 2. The van der Waals surface area contributed by atoms with Crippen molar-refractivity contribution in [3.8, 4) is 0 Å². The van der Waals surface area contributed by atoms with Gasteiger partial charge in [0.25, 0.3) is 0 Å². The van der Waals surface area contributed by atoms with Crippen molar-refractivity contribution < 1.29 is 13.2 Å². The summed E-state index contributed by atoms with van der Waals surface area (Å²) in [5.41, 5.74) is 1.06. The maximum atomic E-state index is 12.6. The smallest absolute Gasteiger partial charge is 0.247 e. The van der Waals surface area contributed by atoms with Crippen LogP contribution in [0.4, 0.5) is 0 Å². The molecule has 1 rings (SSSR count). The number of sulfonamides is 1. The Hall–Kier alpha value is -0.920. The number of nitrogens with zero attached hydrogens (tertiary/aromatic N) is 2. The molecule has 0 aliphatic heterocycles. The predicted octanol–water partition coefficient (Wildman–Crippen LogP) is 1.07. The molecule has 1 heterocycles. The van der Waals surface area contributed by atoms with Crippen LogP contribution in [0.25, 0.3) is 0 Å². The van der Waals surface area contributed by atoms with Gasteiger partial charge in [-0.15, -0.1) is 0 Å². The van der Waals surface area contributed by atoms with Crippen molar-refractivity contribution in [2.24, 2.45) is 0 Å². The summed E-state index contributed by atoms with van der Waals surface area (Å²) in [6.07, 6.45) is 0. The summed E-state index contributed by atoms with van der Waals surface area (Å²) in [4.78, 5) is 0.271. The maximum Gasteiger partial charge on any atom is 0.247 e. The standard InChI is InChI=1S/C11H21N3O3S/c1-6-14(8(2)7-17-5)18(15,16)11-9(3)12-13-10(11)4/h8H,6-7H2,1-5H3,(H,12,13). The number of aryl methyl sites for hydroxylation is 2. The first-order chi connectivity index (χ1) is 8.36. The van der Waals surface area contributed by atoms with Crippen molar-refractivity contribution in [2.45, 2.75) is 38.6 Å². The van der Waals surface area contributed by atoms with Crippen LogP contribution >= 0.6 is 0 Å².